The minimum Gasteiger partial charge on any atom is -0.372 e. The molecule has 84 valence electrons. The van der Waals surface area contributed by atoms with Crippen LogP contribution in [0.25, 0.3) is 0 Å². The highest BCUT2D eigenvalue weighted by atomic mass is 16.5. The first kappa shape index (κ1) is 11.6. The van der Waals surface area contributed by atoms with Gasteiger partial charge in [0.05, 0.1) is 6.54 Å². The van der Waals surface area contributed by atoms with Crippen LogP contribution in [-0.4, -0.2) is 46.2 Å². The van der Waals surface area contributed by atoms with Crippen LogP contribution in [0, 0.1) is 0 Å². The van der Waals surface area contributed by atoms with Crippen LogP contribution < -0.4 is 0 Å². The first-order chi connectivity index (χ1) is 7.24. The highest BCUT2D eigenvalue weighted by Gasteiger charge is 2.10. The molecule has 1 heterocycles. The maximum absolute atomic E-state index is 11.5. The first-order valence-corrected chi connectivity index (χ1v) is 4.90. The SMILES string of the molecule is CCCOCC(=O)N(C)Cc1ncn[nH]1. The highest BCUT2D eigenvalue weighted by molar-refractivity contribution is 5.77. The van der Waals surface area contributed by atoms with Crippen LogP contribution in [0.15, 0.2) is 6.33 Å². The van der Waals surface area contributed by atoms with Gasteiger partial charge in [0.25, 0.3) is 0 Å². The minimum absolute atomic E-state index is 0.0557. The molecule has 0 unspecified atom stereocenters. The molecule has 0 atom stereocenters. The third-order valence-electron chi connectivity index (χ3n) is 1.85. The molecule has 6 heteroatoms. The van der Waals surface area contributed by atoms with E-state index in [-0.39, 0.29) is 12.5 Å². The number of hydrogen-bond acceptors (Lipinski definition) is 4. The zero-order valence-electron chi connectivity index (χ0n) is 9.06. The molecule has 0 aliphatic heterocycles. The second-order valence-electron chi connectivity index (χ2n) is 3.23. The summed E-state index contributed by atoms with van der Waals surface area (Å²) in [5.74, 6) is 0.612. The lowest BCUT2D eigenvalue weighted by Gasteiger charge is -2.15. The number of H-pyrrole nitrogens is 1. The molecule has 6 nitrogen and oxygen atoms in total. The number of aromatic amines is 1. The predicted octanol–water partition coefficient (Wildman–Crippen LogP) is 0.190. The summed E-state index contributed by atoms with van der Waals surface area (Å²) in [6.45, 7) is 3.16. The Morgan fingerprint density at radius 1 is 1.67 bits per heavy atom. The number of likely N-dealkylation sites (N-methyl/N-ethyl adjacent to an activating group) is 1. The smallest absolute Gasteiger partial charge is 0.248 e. The Bertz CT molecular complexity index is 286. The monoisotopic (exact) mass is 212 g/mol. The Balaban J connectivity index is 2.27. The Morgan fingerprint density at radius 3 is 3.07 bits per heavy atom. The molecule has 1 aromatic heterocycles. The number of hydrogen-bond donors (Lipinski definition) is 1. The number of amides is 1. The number of aromatic nitrogens is 3. The number of nitrogens with zero attached hydrogens (tertiary/aromatic N) is 3. The molecule has 15 heavy (non-hydrogen) atoms. The maximum Gasteiger partial charge on any atom is 0.248 e. The van der Waals surface area contributed by atoms with Gasteiger partial charge < -0.3 is 9.64 Å². The van der Waals surface area contributed by atoms with Crippen LogP contribution in [0.3, 0.4) is 0 Å². The number of rotatable bonds is 6. The van der Waals surface area contributed by atoms with Crippen molar-refractivity contribution in [2.75, 3.05) is 20.3 Å². The van der Waals surface area contributed by atoms with Gasteiger partial charge in [-0.15, -0.1) is 0 Å². The molecule has 0 aromatic carbocycles. The van der Waals surface area contributed by atoms with E-state index in [1.807, 2.05) is 6.92 Å². The molecule has 1 N–H and O–H groups in total. The summed E-state index contributed by atoms with van der Waals surface area (Å²) in [6.07, 6.45) is 2.33. The molecule has 0 aliphatic carbocycles. The fraction of sp³-hybridized carbons (Fsp3) is 0.667. The van der Waals surface area contributed by atoms with Crippen LogP contribution in [0.2, 0.25) is 0 Å². The zero-order valence-corrected chi connectivity index (χ0v) is 9.06. The zero-order chi connectivity index (χ0) is 11.1. The predicted molar refractivity (Wildman–Crippen MR) is 54.0 cm³/mol. The highest BCUT2D eigenvalue weighted by Crippen LogP contribution is 1.95. The second-order valence-corrected chi connectivity index (χ2v) is 3.23. The molecular weight excluding hydrogens is 196 g/mol. The Labute approximate surface area is 88.6 Å². The van der Waals surface area contributed by atoms with E-state index < -0.39 is 0 Å². The van der Waals surface area contributed by atoms with Crippen LogP contribution >= 0.6 is 0 Å². The average molecular weight is 212 g/mol. The van der Waals surface area contributed by atoms with Crippen molar-refractivity contribution in [3.63, 3.8) is 0 Å². The first-order valence-electron chi connectivity index (χ1n) is 4.90. The molecule has 0 saturated heterocycles. The van der Waals surface area contributed by atoms with Gasteiger partial charge in [0, 0.05) is 13.7 Å². The van der Waals surface area contributed by atoms with Crippen LogP contribution in [0.5, 0.6) is 0 Å². The van der Waals surface area contributed by atoms with Gasteiger partial charge in [0.15, 0.2) is 0 Å². The molecule has 1 aromatic rings. The Morgan fingerprint density at radius 2 is 2.47 bits per heavy atom. The lowest BCUT2D eigenvalue weighted by Crippen LogP contribution is -2.30. The van der Waals surface area contributed by atoms with Crippen molar-refractivity contribution in [3.05, 3.63) is 12.2 Å². The van der Waals surface area contributed by atoms with Gasteiger partial charge in [-0.2, -0.15) is 5.10 Å². The summed E-state index contributed by atoms with van der Waals surface area (Å²) < 4.78 is 5.15. The van der Waals surface area contributed by atoms with Crippen LogP contribution in [0.1, 0.15) is 19.2 Å². The molecule has 0 spiro atoms. The summed E-state index contributed by atoms with van der Waals surface area (Å²) in [6, 6.07) is 0. The lowest BCUT2D eigenvalue weighted by molar-refractivity contribution is -0.135. The van der Waals surface area contributed by atoms with Crippen molar-refractivity contribution in [3.8, 4) is 0 Å². The van der Waals surface area contributed by atoms with Crippen LogP contribution in [-0.2, 0) is 16.1 Å². The fourth-order valence-electron chi connectivity index (χ4n) is 1.03. The van der Waals surface area contributed by atoms with Crippen molar-refractivity contribution >= 4 is 5.91 Å². The van der Waals surface area contributed by atoms with Crippen molar-refractivity contribution in [1.29, 1.82) is 0 Å². The largest absolute Gasteiger partial charge is 0.372 e. The number of ether oxygens (including phenoxy) is 1. The molecule has 0 fully saturated rings. The van der Waals surface area contributed by atoms with Crippen molar-refractivity contribution < 1.29 is 9.53 Å². The molecule has 1 rings (SSSR count). The van der Waals surface area contributed by atoms with Gasteiger partial charge in [0.2, 0.25) is 5.91 Å². The van der Waals surface area contributed by atoms with Gasteiger partial charge in [-0.1, -0.05) is 6.92 Å². The van der Waals surface area contributed by atoms with Crippen molar-refractivity contribution in [2.45, 2.75) is 19.9 Å². The van der Waals surface area contributed by atoms with Crippen molar-refractivity contribution in [2.24, 2.45) is 0 Å². The third-order valence-corrected chi connectivity index (χ3v) is 1.85. The number of carbonyl (C=O) groups excluding carboxylic acids is 1. The second kappa shape index (κ2) is 6.13. The lowest BCUT2D eigenvalue weighted by atomic mass is 10.5. The van der Waals surface area contributed by atoms with E-state index in [0.29, 0.717) is 19.0 Å². The summed E-state index contributed by atoms with van der Waals surface area (Å²) in [7, 11) is 1.71. The molecule has 1 amide bonds. The van der Waals surface area contributed by atoms with E-state index in [9.17, 15) is 4.79 Å². The molecule has 0 aliphatic rings. The van der Waals surface area contributed by atoms with E-state index in [2.05, 4.69) is 15.2 Å². The summed E-state index contributed by atoms with van der Waals surface area (Å²) in [4.78, 5) is 17.0. The van der Waals surface area contributed by atoms with Gasteiger partial charge in [-0.25, -0.2) is 4.98 Å². The van der Waals surface area contributed by atoms with Crippen molar-refractivity contribution in [1.82, 2.24) is 20.1 Å². The fourth-order valence-corrected chi connectivity index (χ4v) is 1.03. The summed E-state index contributed by atoms with van der Waals surface area (Å²) in [5, 5.41) is 6.40. The Hall–Kier alpha value is -1.43. The van der Waals surface area contributed by atoms with Crippen LogP contribution in [0.4, 0.5) is 0 Å². The van der Waals surface area contributed by atoms with E-state index in [1.54, 1.807) is 11.9 Å². The van der Waals surface area contributed by atoms with Gasteiger partial charge in [0.1, 0.15) is 18.8 Å². The third kappa shape index (κ3) is 4.07. The normalized spacial score (nSPS) is 10.3. The standard InChI is InChI=1S/C9H16N4O2/c1-3-4-15-6-9(14)13(2)5-8-10-7-11-12-8/h7H,3-6H2,1-2H3,(H,10,11,12). The van der Waals surface area contributed by atoms with E-state index >= 15 is 0 Å². The van der Waals surface area contributed by atoms with E-state index in [0.717, 1.165) is 6.42 Å². The number of nitrogens with one attached hydrogen (secondary N) is 1. The quantitative estimate of drug-likeness (QED) is 0.683. The van der Waals surface area contributed by atoms with E-state index in [4.69, 9.17) is 4.74 Å². The molecular formula is C9H16N4O2. The van der Waals surface area contributed by atoms with Gasteiger partial charge >= 0.3 is 0 Å². The van der Waals surface area contributed by atoms with E-state index in [1.165, 1.54) is 6.33 Å². The Kier molecular flexibility index (Phi) is 4.76. The topological polar surface area (TPSA) is 71.1 Å². The van der Waals surface area contributed by atoms with Gasteiger partial charge in [-0.3, -0.25) is 9.89 Å². The average Bonchev–Trinajstić information content (AvgIpc) is 2.70. The number of carbonyl (C=O) groups is 1. The summed E-state index contributed by atoms with van der Waals surface area (Å²) in [5.41, 5.74) is 0. The molecule has 0 radical (unpaired) electrons. The summed E-state index contributed by atoms with van der Waals surface area (Å²) >= 11 is 0. The molecule has 0 bridgehead atoms. The van der Waals surface area contributed by atoms with Gasteiger partial charge in [-0.05, 0) is 6.42 Å². The molecule has 0 saturated carbocycles. The maximum atomic E-state index is 11.5. The minimum atomic E-state index is -0.0557.